The predicted octanol–water partition coefficient (Wildman–Crippen LogP) is -1.69. The molecule has 0 aromatic carbocycles. The fourth-order valence-corrected chi connectivity index (χ4v) is 1.68. The summed E-state index contributed by atoms with van der Waals surface area (Å²) in [7, 11) is 0. The second-order valence-electron chi connectivity index (χ2n) is 5.54. The van der Waals surface area contributed by atoms with Gasteiger partial charge in [0, 0.05) is 0 Å². The van der Waals surface area contributed by atoms with Crippen LogP contribution in [-0.2, 0) is 19.2 Å². The normalized spacial score (nSPS) is 14.8. The van der Waals surface area contributed by atoms with Crippen molar-refractivity contribution in [3.8, 4) is 0 Å². The number of aliphatic carboxylic acids is 1. The van der Waals surface area contributed by atoms with Crippen LogP contribution in [-0.4, -0.2) is 46.9 Å². The lowest BCUT2D eigenvalue weighted by atomic mass is 10.0. The molecule has 126 valence electrons. The minimum Gasteiger partial charge on any atom is -0.481 e. The molecule has 0 saturated heterocycles. The molecule has 0 aromatic heterocycles. The van der Waals surface area contributed by atoms with Crippen LogP contribution >= 0.6 is 0 Å². The first-order valence-corrected chi connectivity index (χ1v) is 6.92. The Kier molecular flexibility index (Phi) is 8.10. The first kappa shape index (κ1) is 19.8. The second-order valence-corrected chi connectivity index (χ2v) is 5.54. The number of carboxylic acid groups (broad SMARTS) is 1. The Morgan fingerprint density at radius 3 is 1.86 bits per heavy atom. The summed E-state index contributed by atoms with van der Waals surface area (Å²) in [4.78, 5) is 45.6. The molecule has 3 atom stereocenters. The highest BCUT2D eigenvalue weighted by Crippen LogP contribution is 2.06. The molecule has 0 fully saturated rings. The van der Waals surface area contributed by atoms with Crippen molar-refractivity contribution in [3.63, 3.8) is 0 Å². The molecular formula is C13H24N4O5. The van der Waals surface area contributed by atoms with Gasteiger partial charge in [0.25, 0.3) is 0 Å². The second kappa shape index (κ2) is 8.98. The molecule has 0 unspecified atom stereocenters. The molecule has 0 heterocycles. The number of carboxylic acids is 1. The van der Waals surface area contributed by atoms with Crippen molar-refractivity contribution in [3.05, 3.63) is 0 Å². The third-order valence-electron chi connectivity index (χ3n) is 2.79. The van der Waals surface area contributed by atoms with Crippen LogP contribution in [0, 0.1) is 5.92 Å². The summed E-state index contributed by atoms with van der Waals surface area (Å²) in [5, 5.41) is 13.4. The molecule has 0 saturated carbocycles. The molecule has 22 heavy (non-hydrogen) atoms. The molecule has 7 N–H and O–H groups in total. The largest absolute Gasteiger partial charge is 0.481 e. The van der Waals surface area contributed by atoms with Crippen LogP contribution in [0.2, 0.25) is 0 Å². The monoisotopic (exact) mass is 316 g/mol. The third-order valence-corrected chi connectivity index (χ3v) is 2.79. The maximum Gasteiger partial charge on any atom is 0.305 e. The summed E-state index contributed by atoms with van der Waals surface area (Å²) >= 11 is 0. The molecule has 0 aliphatic carbocycles. The Bertz CT molecular complexity index is 436. The summed E-state index contributed by atoms with van der Waals surface area (Å²) in [6, 6.07) is -3.06. The molecule has 9 heteroatoms. The van der Waals surface area contributed by atoms with Gasteiger partial charge >= 0.3 is 5.97 Å². The van der Waals surface area contributed by atoms with Crippen molar-refractivity contribution in [2.45, 2.75) is 51.7 Å². The Morgan fingerprint density at radius 1 is 1.00 bits per heavy atom. The van der Waals surface area contributed by atoms with E-state index in [1.807, 2.05) is 13.8 Å². The average molecular weight is 316 g/mol. The van der Waals surface area contributed by atoms with Gasteiger partial charge in [-0.1, -0.05) is 13.8 Å². The lowest BCUT2D eigenvalue weighted by Crippen LogP contribution is -2.55. The van der Waals surface area contributed by atoms with Gasteiger partial charge in [-0.15, -0.1) is 0 Å². The summed E-state index contributed by atoms with van der Waals surface area (Å²) in [5.74, 6) is -3.35. The van der Waals surface area contributed by atoms with Crippen LogP contribution in [0.5, 0.6) is 0 Å². The van der Waals surface area contributed by atoms with Gasteiger partial charge in [-0.05, 0) is 19.3 Å². The highest BCUT2D eigenvalue weighted by molar-refractivity contribution is 5.93. The van der Waals surface area contributed by atoms with E-state index in [0.717, 1.165) is 0 Å². The fraction of sp³-hybridized carbons (Fsp3) is 0.692. The third kappa shape index (κ3) is 7.58. The number of carbonyl (C=O) groups is 4. The topological polar surface area (TPSA) is 165 Å². The van der Waals surface area contributed by atoms with E-state index in [2.05, 4.69) is 10.6 Å². The number of nitrogens with one attached hydrogen (secondary N) is 2. The van der Waals surface area contributed by atoms with E-state index in [1.165, 1.54) is 6.92 Å². The standard InChI is InChI=1S/C13H24N4O5/c1-6(2)4-9(17-12(21)7(3)14)13(22)16-8(11(15)20)5-10(18)19/h6-9H,4-5,14H2,1-3H3,(H2,15,20)(H,16,22)(H,17,21)(H,18,19)/t7-,8+,9-/m0/s1. The molecule has 0 aliphatic heterocycles. The number of primary amides is 1. The van der Waals surface area contributed by atoms with Crippen LogP contribution in [0.4, 0.5) is 0 Å². The van der Waals surface area contributed by atoms with Gasteiger partial charge in [0.1, 0.15) is 12.1 Å². The summed E-state index contributed by atoms with van der Waals surface area (Å²) in [6.07, 6.45) is -0.320. The fourth-order valence-electron chi connectivity index (χ4n) is 1.68. The van der Waals surface area contributed by atoms with E-state index in [-0.39, 0.29) is 5.92 Å². The maximum atomic E-state index is 12.2. The van der Waals surface area contributed by atoms with Crippen molar-refractivity contribution >= 4 is 23.7 Å². The smallest absolute Gasteiger partial charge is 0.305 e. The Labute approximate surface area is 128 Å². The highest BCUT2D eigenvalue weighted by Gasteiger charge is 2.28. The van der Waals surface area contributed by atoms with E-state index < -0.39 is 48.2 Å². The van der Waals surface area contributed by atoms with Crippen molar-refractivity contribution in [2.75, 3.05) is 0 Å². The number of hydrogen-bond donors (Lipinski definition) is 5. The molecule has 0 bridgehead atoms. The zero-order chi connectivity index (χ0) is 17.4. The van der Waals surface area contributed by atoms with E-state index in [9.17, 15) is 19.2 Å². The van der Waals surface area contributed by atoms with Crippen molar-refractivity contribution < 1.29 is 24.3 Å². The summed E-state index contributed by atoms with van der Waals surface area (Å²) in [5.41, 5.74) is 10.5. The summed E-state index contributed by atoms with van der Waals surface area (Å²) < 4.78 is 0. The first-order chi connectivity index (χ1) is 10.0. The lowest BCUT2D eigenvalue weighted by molar-refractivity contribution is -0.140. The SMILES string of the molecule is CC(C)C[C@H](NC(=O)[C@H](C)N)C(=O)N[C@H](CC(=O)O)C(N)=O. The zero-order valence-electron chi connectivity index (χ0n) is 13.0. The molecule has 0 spiro atoms. The quantitative estimate of drug-likeness (QED) is 0.340. The Hall–Kier alpha value is -2.16. The number of hydrogen-bond acceptors (Lipinski definition) is 5. The van der Waals surface area contributed by atoms with Gasteiger partial charge in [-0.2, -0.15) is 0 Å². The van der Waals surface area contributed by atoms with E-state index in [0.29, 0.717) is 6.42 Å². The number of nitrogens with two attached hydrogens (primary N) is 2. The van der Waals surface area contributed by atoms with Crippen LogP contribution in [0.25, 0.3) is 0 Å². The van der Waals surface area contributed by atoms with Gasteiger partial charge in [-0.25, -0.2) is 0 Å². The molecule has 3 amide bonds. The van der Waals surface area contributed by atoms with Gasteiger partial charge in [0.2, 0.25) is 17.7 Å². The molecule has 0 radical (unpaired) electrons. The molecule has 0 aliphatic rings. The van der Waals surface area contributed by atoms with Crippen LogP contribution in [0.15, 0.2) is 0 Å². The predicted molar refractivity (Wildman–Crippen MR) is 78.4 cm³/mol. The highest BCUT2D eigenvalue weighted by atomic mass is 16.4. The summed E-state index contributed by atoms with van der Waals surface area (Å²) in [6.45, 7) is 5.17. The molecule has 9 nitrogen and oxygen atoms in total. The zero-order valence-corrected chi connectivity index (χ0v) is 13.0. The van der Waals surface area contributed by atoms with E-state index in [1.54, 1.807) is 0 Å². The number of carbonyl (C=O) groups excluding carboxylic acids is 3. The van der Waals surface area contributed by atoms with Crippen LogP contribution < -0.4 is 22.1 Å². The maximum absolute atomic E-state index is 12.2. The van der Waals surface area contributed by atoms with Crippen molar-refractivity contribution in [1.82, 2.24) is 10.6 Å². The van der Waals surface area contributed by atoms with Gasteiger partial charge in [-0.3, -0.25) is 19.2 Å². The minimum absolute atomic E-state index is 0.0793. The number of rotatable bonds is 9. The molecule has 0 aromatic rings. The Balaban J connectivity index is 4.96. The minimum atomic E-state index is -1.34. The van der Waals surface area contributed by atoms with Gasteiger partial charge in [0.05, 0.1) is 12.5 Å². The molecule has 0 rings (SSSR count). The van der Waals surface area contributed by atoms with Crippen LogP contribution in [0.3, 0.4) is 0 Å². The number of amides is 3. The first-order valence-electron chi connectivity index (χ1n) is 6.92. The van der Waals surface area contributed by atoms with Crippen LogP contribution in [0.1, 0.15) is 33.6 Å². The van der Waals surface area contributed by atoms with Gasteiger partial charge in [0.15, 0.2) is 0 Å². The van der Waals surface area contributed by atoms with Crippen molar-refractivity contribution in [1.29, 1.82) is 0 Å². The van der Waals surface area contributed by atoms with E-state index >= 15 is 0 Å². The van der Waals surface area contributed by atoms with E-state index in [4.69, 9.17) is 16.6 Å². The Morgan fingerprint density at radius 2 is 1.50 bits per heavy atom. The average Bonchev–Trinajstić information content (AvgIpc) is 2.35. The van der Waals surface area contributed by atoms with Crippen molar-refractivity contribution in [2.24, 2.45) is 17.4 Å². The lowest BCUT2D eigenvalue weighted by Gasteiger charge is -2.23. The molecular weight excluding hydrogens is 292 g/mol. The van der Waals surface area contributed by atoms with Gasteiger partial charge < -0.3 is 27.2 Å².